The lowest BCUT2D eigenvalue weighted by Gasteiger charge is -2.31. The van der Waals surface area contributed by atoms with E-state index in [4.69, 9.17) is 9.84 Å². The van der Waals surface area contributed by atoms with Crippen molar-refractivity contribution in [3.63, 3.8) is 0 Å². The molecule has 2 rings (SSSR count). The van der Waals surface area contributed by atoms with Gasteiger partial charge in [-0.25, -0.2) is 4.39 Å². The van der Waals surface area contributed by atoms with Crippen LogP contribution in [0.5, 0.6) is 5.75 Å². The van der Waals surface area contributed by atoms with Crippen LogP contribution in [0, 0.1) is 11.7 Å². The molecule has 1 amide bonds. The van der Waals surface area contributed by atoms with E-state index in [1.54, 1.807) is 4.90 Å². The second kappa shape index (κ2) is 7.06. The largest absolute Gasteiger partial charge is 0.484 e. The Hall–Kier alpha value is -2.11. The maximum absolute atomic E-state index is 12.7. The smallest absolute Gasteiger partial charge is 0.303 e. The number of carboxylic acids is 1. The Morgan fingerprint density at radius 1 is 1.24 bits per heavy atom. The molecule has 0 aliphatic carbocycles. The van der Waals surface area contributed by atoms with Crippen LogP contribution in [0.3, 0.4) is 0 Å². The number of carboxylic acid groups (broad SMARTS) is 1. The molecule has 0 atom stereocenters. The Morgan fingerprint density at radius 2 is 1.86 bits per heavy atom. The van der Waals surface area contributed by atoms with E-state index in [9.17, 15) is 14.0 Å². The molecule has 1 saturated heterocycles. The van der Waals surface area contributed by atoms with Gasteiger partial charge in [0.05, 0.1) is 0 Å². The lowest BCUT2D eigenvalue weighted by molar-refractivity contribution is -0.139. The summed E-state index contributed by atoms with van der Waals surface area (Å²) in [5, 5.41) is 8.74. The Balaban J connectivity index is 1.74. The Labute approximate surface area is 122 Å². The quantitative estimate of drug-likeness (QED) is 0.901. The van der Waals surface area contributed by atoms with Crippen molar-refractivity contribution in [1.29, 1.82) is 0 Å². The van der Waals surface area contributed by atoms with Crippen molar-refractivity contribution in [3.05, 3.63) is 30.1 Å². The Kier molecular flexibility index (Phi) is 5.14. The highest BCUT2D eigenvalue weighted by atomic mass is 19.1. The van der Waals surface area contributed by atoms with Gasteiger partial charge < -0.3 is 14.7 Å². The molecule has 0 unspecified atom stereocenters. The van der Waals surface area contributed by atoms with Gasteiger partial charge in [0.15, 0.2) is 6.61 Å². The molecule has 21 heavy (non-hydrogen) atoms. The van der Waals surface area contributed by atoms with Crippen molar-refractivity contribution in [2.24, 2.45) is 5.92 Å². The van der Waals surface area contributed by atoms with Gasteiger partial charge in [0.1, 0.15) is 11.6 Å². The van der Waals surface area contributed by atoms with Gasteiger partial charge in [0.2, 0.25) is 0 Å². The molecule has 0 aromatic heterocycles. The summed E-state index contributed by atoms with van der Waals surface area (Å²) in [4.78, 5) is 24.3. The van der Waals surface area contributed by atoms with Crippen molar-refractivity contribution in [1.82, 2.24) is 4.90 Å². The first-order valence-corrected chi connectivity index (χ1v) is 6.92. The Bertz CT molecular complexity index is 495. The molecule has 1 N–H and O–H groups in total. The summed E-state index contributed by atoms with van der Waals surface area (Å²) < 4.78 is 18.0. The lowest BCUT2D eigenvalue weighted by Crippen LogP contribution is -2.41. The van der Waals surface area contributed by atoms with Gasteiger partial charge in [-0.3, -0.25) is 9.59 Å². The maximum Gasteiger partial charge on any atom is 0.303 e. The molecule has 0 bridgehead atoms. The molecule has 6 heteroatoms. The zero-order chi connectivity index (χ0) is 15.2. The van der Waals surface area contributed by atoms with Crippen molar-refractivity contribution < 1.29 is 23.8 Å². The number of rotatable bonds is 5. The fraction of sp³-hybridized carbons (Fsp3) is 0.467. The van der Waals surface area contributed by atoms with Crippen LogP contribution in [-0.2, 0) is 9.59 Å². The molecule has 0 saturated carbocycles. The molecular weight excluding hydrogens is 277 g/mol. The average molecular weight is 295 g/mol. The minimum absolute atomic E-state index is 0.0881. The second-order valence-corrected chi connectivity index (χ2v) is 5.16. The van der Waals surface area contributed by atoms with E-state index in [0.29, 0.717) is 31.7 Å². The summed E-state index contributed by atoms with van der Waals surface area (Å²) in [5.74, 6) is -0.684. The number of nitrogens with zero attached hydrogens (tertiary/aromatic N) is 1. The van der Waals surface area contributed by atoms with Gasteiger partial charge in [-0.2, -0.15) is 0 Å². The zero-order valence-electron chi connectivity index (χ0n) is 11.6. The van der Waals surface area contributed by atoms with Gasteiger partial charge >= 0.3 is 5.97 Å². The number of amides is 1. The number of ether oxygens (including phenoxy) is 1. The molecule has 1 aliphatic rings. The highest BCUT2D eigenvalue weighted by Crippen LogP contribution is 2.20. The SMILES string of the molecule is O=C(O)CC1CCN(C(=O)COc2ccc(F)cc2)CC1. The number of hydrogen-bond acceptors (Lipinski definition) is 3. The third kappa shape index (κ3) is 4.73. The average Bonchev–Trinajstić information content (AvgIpc) is 2.46. The van der Waals surface area contributed by atoms with Crippen LogP contribution in [0.4, 0.5) is 4.39 Å². The molecule has 114 valence electrons. The van der Waals surface area contributed by atoms with Crippen LogP contribution in [0.25, 0.3) is 0 Å². The molecule has 1 heterocycles. The summed E-state index contributed by atoms with van der Waals surface area (Å²) >= 11 is 0. The fourth-order valence-electron chi connectivity index (χ4n) is 2.40. The van der Waals surface area contributed by atoms with Gasteiger partial charge in [0, 0.05) is 19.5 Å². The monoisotopic (exact) mass is 295 g/mol. The zero-order valence-corrected chi connectivity index (χ0v) is 11.6. The standard InChI is InChI=1S/C15H18FNO4/c16-12-1-3-13(4-2-12)21-10-14(18)17-7-5-11(6-8-17)9-15(19)20/h1-4,11H,5-10H2,(H,19,20). The van der Waals surface area contributed by atoms with E-state index in [1.807, 2.05) is 0 Å². The first-order chi connectivity index (χ1) is 10.0. The molecule has 1 fully saturated rings. The van der Waals surface area contributed by atoms with Crippen molar-refractivity contribution in [2.45, 2.75) is 19.3 Å². The van der Waals surface area contributed by atoms with Crippen molar-refractivity contribution in [2.75, 3.05) is 19.7 Å². The third-order valence-electron chi connectivity index (χ3n) is 3.61. The predicted molar refractivity (Wildman–Crippen MR) is 73.5 cm³/mol. The van der Waals surface area contributed by atoms with E-state index in [-0.39, 0.29) is 30.7 Å². The van der Waals surface area contributed by atoms with Crippen LogP contribution in [0.15, 0.2) is 24.3 Å². The van der Waals surface area contributed by atoms with Crippen LogP contribution in [0.1, 0.15) is 19.3 Å². The highest BCUT2D eigenvalue weighted by molar-refractivity contribution is 5.77. The normalized spacial score (nSPS) is 15.8. The summed E-state index contributed by atoms with van der Waals surface area (Å²) in [7, 11) is 0. The van der Waals surface area contributed by atoms with Crippen LogP contribution in [0.2, 0.25) is 0 Å². The molecule has 0 spiro atoms. The molecular formula is C15H18FNO4. The number of benzene rings is 1. The van der Waals surface area contributed by atoms with Crippen LogP contribution >= 0.6 is 0 Å². The van der Waals surface area contributed by atoms with Gasteiger partial charge in [-0.1, -0.05) is 0 Å². The van der Waals surface area contributed by atoms with Gasteiger partial charge in [-0.05, 0) is 43.0 Å². The summed E-state index contributed by atoms with van der Waals surface area (Å²) in [6.07, 6.45) is 1.57. The fourth-order valence-corrected chi connectivity index (χ4v) is 2.40. The van der Waals surface area contributed by atoms with Gasteiger partial charge in [0.25, 0.3) is 5.91 Å². The number of carbonyl (C=O) groups excluding carboxylic acids is 1. The van der Waals surface area contributed by atoms with E-state index in [1.165, 1.54) is 24.3 Å². The van der Waals surface area contributed by atoms with Gasteiger partial charge in [-0.15, -0.1) is 0 Å². The summed E-state index contributed by atoms with van der Waals surface area (Å²) in [5.41, 5.74) is 0. The number of aliphatic carboxylic acids is 1. The Morgan fingerprint density at radius 3 is 2.43 bits per heavy atom. The molecule has 1 aromatic rings. The third-order valence-corrected chi connectivity index (χ3v) is 3.61. The van der Waals surface area contributed by atoms with E-state index >= 15 is 0 Å². The second-order valence-electron chi connectivity index (χ2n) is 5.16. The van der Waals surface area contributed by atoms with Crippen LogP contribution in [-0.4, -0.2) is 41.6 Å². The lowest BCUT2D eigenvalue weighted by atomic mass is 9.94. The van der Waals surface area contributed by atoms with E-state index in [2.05, 4.69) is 0 Å². The predicted octanol–water partition coefficient (Wildman–Crippen LogP) is 1.92. The van der Waals surface area contributed by atoms with Crippen molar-refractivity contribution in [3.8, 4) is 5.75 Å². The minimum atomic E-state index is -0.792. The van der Waals surface area contributed by atoms with E-state index < -0.39 is 5.97 Å². The molecule has 1 aliphatic heterocycles. The topological polar surface area (TPSA) is 66.8 Å². The minimum Gasteiger partial charge on any atom is -0.484 e. The molecule has 1 aromatic carbocycles. The van der Waals surface area contributed by atoms with Crippen LogP contribution < -0.4 is 4.74 Å². The first kappa shape index (κ1) is 15.3. The van der Waals surface area contributed by atoms with E-state index in [0.717, 1.165) is 0 Å². The number of halogens is 1. The summed E-state index contributed by atoms with van der Waals surface area (Å²) in [6.45, 7) is 1.03. The highest BCUT2D eigenvalue weighted by Gasteiger charge is 2.24. The molecule has 5 nitrogen and oxygen atoms in total. The summed E-state index contributed by atoms with van der Waals surface area (Å²) in [6, 6.07) is 5.50. The maximum atomic E-state index is 12.7. The first-order valence-electron chi connectivity index (χ1n) is 6.92. The number of piperidine rings is 1. The number of likely N-dealkylation sites (tertiary alicyclic amines) is 1. The number of hydrogen-bond donors (Lipinski definition) is 1. The number of carbonyl (C=O) groups is 2. The van der Waals surface area contributed by atoms with Crippen molar-refractivity contribution >= 4 is 11.9 Å². The molecule has 0 radical (unpaired) electrons.